The van der Waals surface area contributed by atoms with Crippen LogP contribution in [0.25, 0.3) is 50.8 Å². The number of fused-ring (bicyclic) bond motifs is 6. The van der Waals surface area contributed by atoms with Crippen molar-refractivity contribution in [3.05, 3.63) is 142 Å². The lowest BCUT2D eigenvalue weighted by Crippen LogP contribution is -2.26. The van der Waals surface area contributed by atoms with Gasteiger partial charge < -0.3 is 4.90 Å². The maximum Gasteiger partial charge on any atom is 0.280 e. The van der Waals surface area contributed by atoms with Gasteiger partial charge >= 0.3 is 0 Å². The summed E-state index contributed by atoms with van der Waals surface area (Å²) in [6.45, 7) is 12.1. The molecule has 0 saturated carbocycles. The normalized spacial score (nSPS) is 13.0. The Kier molecular flexibility index (Phi) is 15.7. The number of thiophene rings is 3. The lowest BCUT2D eigenvalue weighted by atomic mass is 9.70. The molecule has 0 radical (unpaired) electrons. The molecule has 0 aliphatic heterocycles. The third-order valence-electron chi connectivity index (χ3n) is 13.5. The molecule has 330 valence electrons. The Morgan fingerprint density at radius 1 is 0.554 bits per heavy atom. The summed E-state index contributed by atoms with van der Waals surface area (Å²) < 4.78 is 4.69. The second-order valence-electron chi connectivity index (χ2n) is 17.8. The van der Waals surface area contributed by atoms with Crippen molar-refractivity contribution >= 4 is 75.4 Å². The Morgan fingerprint density at radius 3 is 1.63 bits per heavy atom. The van der Waals surface area contributed by atoms with Crippen LogP contribution in [0.5, 0.6) is 0 Å². The Hall–Kier alpha value is -5.49. The molecule has 0 spiro atoms. The fourth-order valence-corrected chi connectivity index (χ4v) is 14.1. The van der Waals surface area contributed by atoms with E-state index in [1.165, 1.54) is 162 Å². The van der Waals surface area contributed by atoms with Crippen LogP contribution in [-0.4, -0.2) is 0 Å². The van der Waals surface area contributed by atoms with Crippen molar-refractivity contribution in [3.63, 3.8) is 0 Å². The number of unbranched alkanes of at least 4 members (excludes halogenated alkanes) is 14. The SMILES string of the molecule is [C-]#[N+]/C(C#N)=C(/C#N)c1cc2sc3cc(-c4ccc5c(c4)C(CCCCCCCCCC)(CCCCCCCCCC)c4cc(N(c6ccccc6)c6ccccc6)ccc4-5)sc3c2s1. The molecule has 3 heterocycles. The van der Waals surface area contributed by atoms with Crippen molar-refractivity contribution < 1.29 is 0 Å². The fourth-order valence-electron chi connectivity index (χ4n) is 10.1. The number of allylic oxidation sites excluding steroid dienone is 2. The first kappa shape index (κ1) is 46.1. The van der Waals surface area contributed by atoms with Gasteiger partial charge in [-0.2, -0.15) is 5.26 Å². The molecule has 8 rings (SSSR count). The summed E-state index contributed by atoms with van der Waals surface area (Å²) in [5.74, 6) is 0. The Labute approximate surface area is 399 Å². The van der Waals surface area contributed by atoms with Gasteiger partial charge in [0.25, 0.3) is 5.70 Å². The predicted molar refractivity (Wildman–Crippen MR) is 281 cm³/mol. The molecule has 4 nitrogen and oxygen atoms in total. The summed E-state index contributed by atoms with van der Waals surface area (Å²) in [6, 6.07) is 44.7. The fraction of sp³-hybridized carbons (Fsp3) is 0.362. The number of para-hydroxylation sites is 2. The smallest absolute Gasteiger partial charge is 0.280 e. The molecule has 0 fully saturated rings. The summed E-state index contributed by atoms with van der Waals surface area (Å²) >= 11 is 5.08. The third kappa shape index (κ3) is 10.0. The van der Waals surface area contributed by atoms with Crippen LogP contribution in [0.15, 0.2) is 115 Å². The van der Waals surface area contributed by atoms with Gasteiger partial charge in [-0.05, 0) is 95.3 Å². The first-order valence-corrected chi connectivity index (χ1v) is 26.6. The zero-order valence-corrected chi connectivity index (χ0v) is 40.6. The van der Waals surface area contributed by atoms with E-state index in [0.717, 1.165) is 33.6 Å². The van der Waals surface area contributed by atoms with Crippen molar-refractivity contribution in [2.75, 3.05) is 4.90 Å². The minimum absolute atomic E-state index is 0.105. The summed E-state index contributed by atoms with van der Waals surface area (Å²) in [5.41, 5.74) is 10.5. The first-order chi connectivity index (χ1) is 32.0. The van der Waals surface area contributed by atoms with E-state index in [2.05, 4.69) is 133 Å². The number of hydrogen-bond donors (Lipinski definition) is 0. The van der Waals surface area contributed by atoms with Crippen LogP contribution in [0.4, 0.5) is 17.1 Å². The van der Waals surface area contributed by atoms with Crippen LogP contribution in [0.2, 0.25) is 0 Å². The van der Waals surface area contributed by atoms with Gasteiger partial charge in [-0.25, -0.2) is 10.1 Å². The highest BCUT2D eigenvalue weighted by Crippen LogP contribution is 2.57. The molecular weight excluding hydrogens is 849 g/mol. The van der Waals surface area contributed by atoms with Crippen molar-refractivity contribution in [2.45, 2.75) is 135 Å². The van der Waals surface area contributed by atoms with Gasteiger partial charge in [-0.15, -0.1) is 34.0 Å². The molecule has 0 unspecified atom stereocenters. The summed E-state index contributed by atoms with van der Waals surface area (Å²) in [6.07, 6.45) is 23.2. The van der Waals surface area contributed by atoms with E-state index in [9.17, 15) is 10.5 Å². The molecule has 7 heteroatoms. The standard InChI is InChI=1S/C58H60N4S3/c1-4-6-8-10-12-14-16-24-34-58(35-25-17-15-13-11-9-7-5-2)49-36-42(52-38-54-56(64-52)57-55(63-54)39-53(65-57)48(40-59)51(41-60)61-3)30-32-46(49)47-33-31-45(37-50(47)58)62(43-26-20-18-21-27-43)44-28-22-19-23-29-44/h18-23,26-33,36-39H,4-17,24-25,34-35H2,1-2H3/b51-48-. The second kappa shape index (κ2) is 22.1. The van der Waals surface area contributed by atoms with E-state index in [1.54, 1.807) is 11.3 Å². The van der Waals surface area contributed by atoms with Crippen LogP contribution in [0, 0.1) is 29.2 Å². The minimum atomic E-state index is -0.147. The Bertz CT molecular complexity index is 2780. The van der Waals surface area contributed by atoms with Gasteiger partial charge in [0.05, 0.1) is 33.7 Å². The van der Waals surface area contributed by atoms with E-state index in [1.807, 2.05) is 23.5 Å². The van der Waals surface area contributed by atoms with E-state index >= 15 is 0 Å². The van der Waals surface area contributed by atoms with Crippen molar-refractivity contribution in [3.8, 4) is 33.7 Å². The largest absolute Gasteiger partial charge is 0.310 e. The van der Waals surface area contributed by atoms with Gasteiger partial charge in [-0.1, -0.05) is 171 Å². The summed E-state index contributed by atoms with van der Waals surface area (Å²) in [7, 11) is 0. The molecule has 0 bridgehead atoms. The van der Waals surface area contributed by atoms with Gasteiger partial charge in [0, 0.05) is 41.6 Å². The second-order valence-corrected chi connectivity index (χ2v) is 21.0. The molecule has 0 atom stereocenters. The lowest BCUT2D eigenvalue weighted by Gasteiger charge is -2.34. The van der Waals surface area contributed by atoms with Crippen LogP contribution in [0.1, 0.15) is 145 Å². The van der Waals surface area contributed by atoms with Gasteiger partial charge in [0.1, 0.15) is 0 Å². The topological polar surface area (TPSA) is 55.2 Å². The van der Waals surface area contributed by atoms with E-state index in [0.29, 0.717) is 4.88 Å². The van der Waals surface area contributed by atoms with Crippen molar-refractivity contribution in [1.29, 1.82) is 10.5 Å². The highest BCUT2D eigenvalue weighted by molar-refractivity contribution is 7.39. The Balaban J connectivity index is 1.20. The average molecular weight is 909 g/mol. The first-order valence-electron chi connectivity index (χ1n) is 24.1. The highest BCUT2D eigenvalue weighted by Gasteiger charge is 2.43. The molecule has 1 aliphatic rings. The van der Waals surface area contributed by atoms with Gasteiger partial charge in [0.2, 0.25) is 0 Å². The molecular formula is C58H60N4S3. The van der Waals surface area contributed by atoms with Crippen LogP contribution >= 0.6 is 34.0 Å². The highest BCUT2D eigenvalue weighted by atomic mass is 32.1. The number of hydrogen-bond acceptors (Lipinski definition) is 6. The van der Waals surface area contributed by atoms with Gasteiger partial charge in [0.15, 0.2) is 0 Å². The lowest BCUT2D eigenvalue weighted by molar-refractivity contribution is 0.397. The van der Waals surface area contributed by atoms with Crippen LogP contribution in [-0.2, 0) is 5.41 Å². The van der Waals surface area contributed by atoms with Gasteiger partial charge in [-0.3, -0.25) is 0 Å². The number of benzene rings is 4. The van der Waals surface area contributed by atoms with Crippen LogP contribution in [0.3, 0.4) is 0 Å². The Morgan fingerprint density at radius 2 is 1.08 bits per heavy atom. The maximum atomic E-state index is 9.92. The molecule has 4 aromatic carbocycles. The summed E-state index contributed by atoms with van der Waals surface area (Å²) in [5, 5.41) is 19.5. The zero-order chi connectivity index (χ0) is 45.0. The predicted octanol–water partition coefficient (Wildman–Crippen LogP) is 19.3. The zero-order valence-electron chi connectivity index (χ0n) is 38.1. The number of nitrogens with zero attached hydrogens (tertiary/aromatic N) is 4. The van der Waals surface area contributed by atoms with Crippen LogP contribution < -0.4 is 4.90 Å². The van der Waals surface area contributed by atoms with Crippen molar-refractivity contribution in [1.82, 2.24) is 0 Å². The number of anilines is 3. The monoisotopic (exact) mass is 908 g/mol. The molecule has 0 saturated heterocycles. The molecule has 1 aliphatic carbocycles. The minimum Gasteiger partial charge on any atom is -0.310 e. The molecule has 0 N–H and O–H groups in total. The van der Waals surface area contributed by atoms with E-state index < -0.39 is 0 Å². The number of rotatable bonds is 23. The third-order valence-corrected chi connectivity index (χ3v) is 17.3. The molecule has 0 amide bonds. The average Bonchev–Trinajstić information content (AvgIpc) is 4.09. The molecule has 7 aromatic rings. The summed E-state index contributed by atoms with van der Waals surface area (Å²) in [4.78, 5) is 7.73. The van der Waals surface area contributed by atoms with E-state index in [-0.39, 0.29) is 16.7 Å². The quantitative estimate of drug-likeness (QED) is 0.0365. The van der Waals surface area contributed by atoms with Crippen molar-refractivity contribution in [2.24, 2.45) is 0 Å². The maximum absolute atomic E-state index is 9.92. The molecule has 3 aromatic heterocycles. The number of nitriles is 2. The molecule has 65 heavy (non-hydrogen) atoms. The van der Waals surface area contributed by atoms with E-state index in [4.69, 9.17) is 6.57 Å².